The van der Waals surface area contributed by atoms with Crippen LogP contribution in [-0.4, -0.2) is 29.2 Å². The first kappa shape index (κ1) is 21.9. The van der Waals surface area contributed by atoms with Crippen LogP contribution in [0.5, 0.6) is 5.88 Å². The summed E-state index contributed by atoms with van der Waals surface area (Å²) in [6.45, 7) is 6.20. The Morgan fingerprint density at radius 1 is 1.28 bits per heavy atom. The van der Waals surface area contributed by atoms with Gasteiger partial charge in [-0.1, -0.05) is 43.2 Å². The Morgan fingerprint density at radius 3 is 2.55 bits per heavy atom. The molecule has 2 rings (SSSR count). The highest BCUT2D eigenvalue weighted by molar-refractivity contribution is 5.92. The number of aromatic nitrogens is 1. The Balaban J connectivity index is 2.51. The number of anilines is 2. The predicted molar refractivity (Wildman–Crippen MR) is 110 cm³/mol. The highest BCUT2D eigenvalue weighted by Crippen LogP contribution is 2.37. The summed E-state index contributed by atoms with van der Waals surface area (Å²) in [5.74, 6) is -0.202. The van der Waals surface area contributed by atoms with Crippen LogP contribution < -0.4 is 15.4 Å². The molecule has 0 bridgehead atoms. The second kappa shape index (κ2) is 10.3. The largest absolute Gasteiger partial charge is 0.478 e. The monoisotopic (exact) mass is 402 g/mol. The summed E-state index contributed by atoms with van der Waals surface area (Å²) in [5.41, 5.74) is 7.19. The average molecular weight is 402 g/mol. The van der Waals surface area contributed by atoms with Crippen molar-refractivity contribution < 1.29 is 19.2 Å². The molecule has 1 amide bonds. The Labute approximate surface area is 169 Å². The van der Waals surface area contributed by atoms with Crippen molar-refractivity contribution in [2.24, 2.45) is 0 Å². The van der Waals surface area contributed by atoms with Crippen molar-refractivity contribution in [1.29, 1.82) is 0 Å². The van der Waals surface area contributed by atoms with Gasteiger partial charge in [-0.25, -0.2) is 4.79 Å². The number of pyridine rings is 1. The summed E-state index contributed by atoms with van der Waals surface area (Å²) in [6.07, 6.45) is 0.984. The quantitative estimate of drug-likeness (QED) is 0.378. The van der Waals surface area contributed by atoms with Crippen molar-refractivity contribution >= 4 is 23.3 Å². The number of unbranched alkanes of at least 4 members (excludes halogenated alkanes) is 1. The molecule has 0 unspecified atom stereocenters. The molecule has 1 aromatic heterocycles. The number of aryl methyl sites for hydroxylation is 1. The minimum absolute atomic E-state index is 0.0203. The molecule has 0 aliphatic carbocycles. The summed E-state index contributed by atoms with van der Waals surface area (Å²) in [6, 6.07) is 8.84. The van der Waals surface area contributed by atoms with E-state index in [4.69, 9.17) is 15.2 Å². The standard InChI is InChI=1S/C20H26N4O5/c1-4-6-11-29-17-12-16(18(24(26)27)19(21)22-17)23(20(25)28-5-2)13-15-9-7-14(3)8-10-15/h7-10,12H,4-6,11,13H2,1-3H3,(H2,21,22). The van der Waals surface area contributed by atoms with E-state index in [1.807, 2.05) is 38.1 Å². The molecular formula is C20H26N4O5. The molecule has 2 aromatic rings. The first-order valence-corrected chi connectivity index (χ1v) is 9.44. The highest BCUT2D eigenvalue weighted by atomic mass is 16.6. The van der Waals surface area contributed by atoms with Gasteiger partial charge in [0.25, 0.3) is 0 Å². The molecule has 9 heteroatoms. The number of nitrogens with two attached hydrogens (primary N) is 1. The zero-order valence-electron chi connectivity index (χ0n) is 16.9. The number of nitro groups is 1. The number of nitrogens with zero attached hydrogens (tertiary/aromatic N) is 3. The zero-order valence-corrected chi connectivity index (χ0v) is 16.9. The summed E-state index contributed by atoms with van der Waals surface area (Å²) in [5, 5.41) is 11.7. The van der Waals surface area contributed by atoms with Gasteiger partial charge in [-0.05, 0) is 25.8 Å². The Morgan fingerprint density at radius 2 is 1.97 bits per heavy atom. The second-order valence-corrected chi connectivity index (χ2v) is 6.44. The fourth-order valence-corrected chi connectivity index (χ4v) is 2.63. The van der Waals surface area contributed by atoms with Crippen LogP contribution in [0.2, 0.25) is 0 Å². The normalized spacial score (nSPS) is 10.4. The smallest absolute Gasteiger partial charge is 0.414 e. The molecule has 0 atom stereocenters. The van der Waals surface area contributed by atoms with E-state index in [1.165, 1.54) is 11.0 Å². The number of nitrogen functional groups attached to an aromatic ring is 1. The Bertz CT molecular complexity index is 855. The minimum atomic E-state index is -0.721. The molecule has 0 spiro atoms. The maximum absolute atomic E-state index is 12.7. The zero-order chi connectivity index (χ0) is 21.4. The molecule has 0 aliphatic rings. The van der Waals surface area contributed by atoms with Crippen molar-refractivity contribution in [1.82, 2.24) is 4.98 Å². The van der Waals surface area contributed by atoms with Crippen LogP contribution in [0.4, 0.5) is 22.0 Å². The first-order valence-electron chi connectivity index (χ1n) is 9.44. The lowest BCUT2D eigenvalue weighted by Crippen LogP contribution is -2.32. The van der Waals surface area contributed by atoms with Gasteiger partial charge < -0.3 is 15.2 Å². The number of benzene rings is 1. The Hall–Kier alpha value is -3.36. The first-order chi connectivity index (χ1) is 13.9. The summed E-state index contributed by atoms with van der Waals surface area (Å²) in [7, 11) is 0. The molecule has 156 valence electrons. The fraction of sp³-hybridized carbons (Fsp3) is 0.400. The molecule has 1 aromatic carbocycles. The van der Waals surface area contributed by atoms with E-state index < -0.39 is 16.7 Å². The van der Waals surface area contributed by atoms with Crippen LogP contribution in [0.3, 0.4) is 0 Å². The predicted octanol–water partition coefficient (Wildman–Crippen LogP) is 4.22. The summed E-state index contributed by atoms with van der Waals surface area (Å²) < 4.78 is 10.7. The third kappa shape index (κ3) is 5.81. The highest BCUT2D eigenvalue weighted by Gasteiger charge is 2.30. The fourth-order valence-electron chi connectivity index (χ4n) is 2.63. The van der Waals surface area contributed by atoms with Gasteiger partial charge in [0.2, 0.25) is 11.7 Å². The number of carbonyl (C=O) groups excluding carboxylic acids is 1. The number of ether oxygens (including phenoxy) is 2. The van der Waals surface area contributed by atoms with Gasteiger partial charge in [0.1, 0.15) is 5.69 Å². The lowest BCUT2D eigenvalue weighted by molar-refractivity contribution is -0.383. The number of carbonyl (C=O) groups is 1. The summed E-state index contributed by atoms with van der Waals surface area (Å²) >= 11 is 0. The van der Waals surface area contributed by atoms with Crippen LogP contribution in [0.15, 0.2) is 30.3 Å². The van der Waals surface area contributed by atoms with Crippen molar-refractivity contribution in [2.75, 3.05) is 23.8 Å². The molecule has 9 nitrogen and oxygen atoms in total. The van der Waals surface area contributed by atoms with Crippen LogP contribution in [0.1, 0.15) is 37.8 Å². The van der Waals surface area contributed by atoms with E-state index in [-0.39, 0.29) is 30.5 Å². The number of amides is 1. The van der Waals surface area contributed by atoms with Crippen molar-refractivity contribution in [3.8, 4) is 5.88 Å². The molecule has 0 saturated heterocycles. The second-order valence-electron chi connectivity index (χ2n) is 6.44. The van der Waals surface area contributed by atoms with E-state index in [0.717, 1.165) is 24.0 Å². The molecule has 2 N–H and O–H groups in total. The number of rotatable bonds is 9. The van der Waals surface area contributed by atoms with E-state index in [1.54, 1.807) is 6.92 Å². The summed E-state index contributed by atoms with van der Waals surface area (Å²) in [4.78, 5) is 28.8. The van der Waals surface area contributed by atoms with Crippen LogP contribution in [-0.2, 0) is 11.3 Å². The lowest BCUT2D eigenvalue weighted by Gasteiger charge is -2.23. The van der Waals surface area contributed by atoms with E-state index >= 15 is 0 Å². The molecule has 0 fully saturated rings. The van der Waals surface area contributed by atoms with Crippen LogP contribution in [0.25, 0.3) is 0 Å². The Kier molecular flexibility index (Phi) is 7.76. The van der Waals surface area contributed by atoms with Crippen molar-refractivity contribution in [2.45, 2.75) is 40.2 Å². The molecular weight excluding hydrogens is 376 g/mol. The van der Waals surface area contributed by atoms with Gasteiger partial charge in [0, 0.05) is 6.07 Å². The van der Waals surface area contributed by atoms with Gasteiger partial charge >= 0.3 is 11.8 Å². The van der Waals surface area contributed by atoms with E-state index in [2.05, 4.69) is 4.98 Å². The third-order valence-corrected chi connectivity index (χ3v) is 4.15. The van der Waals surface area contributed by atoms with Gasteiger partial charge in [0.15, 0.2) is 0 Å². The lowest BCUT2D eigenvalue weighted by atomic mass is 10.1. The van der Waals surface area contributed by atoms with Gasteiger partial charge in [-0.15, -0.1) is 0 Å². The maximum Gasteiger partial charge on any atom is 0.414 e. The van der Waals surface area contributed by atoms with Crippen LogP contribution in [0, 0.1) is 17.0 Å². The third-order valence-electron chi connectivity index (χ3n) is 4.15. The SMILES string of the molecule is CCCCOc1cc(N(Cc2ccc(C)cc2)C(=O)OCC)c([N+](=O)[O-])c(N)n1. The molecule has 0 saturated carbocycles. The molecule has 0 aliphatic heterocycles. The molecule has 1 heterocycles. The van der Waals surface area contributed by atoms with Gasteiger partial charge in [-0.2, -0.15) is 4.98 Å². The number of hydrogen-bond donors (Lipinski definition) is 1. The van der Waals surface area contributed by atoms with Crippen molar-refractivity contribution in [3.63, 3.8) is 0 Å². The maximum atomic E-state index is 12.7. The van der Waals surface area contributed by atoms with Crippen LogP contribution >= 0.6 is 0 Å². The molecule has 29 heavy (non-hydrogen) atoms. The van der Waals surface area contributed by atoms with Crippen molar-refractivity contribution in [3.05, 3.63) is 51.6 Å². The minimum Gasteiger partial charge on any atom is -0.478 e. The van der Waals surface area contributed by atoms with Gasteiger partial charge in [0.05, 0.1) is 24.7 Å². The van der Waals surface area contributed by atoms with E-state index in [9.17, 15) is 14.9 Å². The van der Waals surface area contributed by atoms with Gasteiger partial charge in [-0.3, -0.25) is 15.0 Å². The molecule has 0 radical (unpaired) electrons. The topological polar surface area (TPSA) is 121 Å². The number of hydrogen-bond acceptors (Lipinski definition) is 7. The van der Waals surface area contributed by atoms with E-state index in [0.29, 0.717) is 6.61 Å². The average Bonchev–Trinajstić information content (AvgIpc) is 2.67.